The van der Waals surface area contributed by atoms with Crippen LogP contribution in [0.15, 0.2) is 42.5 Å². The number of hydrogen-bond donors (Lipinski definition) is 2. The highest BCUT2D eigenvalue weighted by molar-refractivity contribution is 5.49. The third kappa shape index (κ3) is 2.10. The molecule has 0 aliphatic heterocycles. The maximum atomic E-state index is 13.7. The molecule has 0 bridgehead atoms. The molecule has 3 N–H and O–H groups in total. The first-order valence-electron chi connectivity index (χ1n) is 6.43. The van der Waals surface area contributed by atoms with Crippen molar-refractivity contribution in [3.8, 4) is 0 Å². The molecule has 19 heavy (non-hydrogen) atoms. The van der Waals surface area contributed by atoms with Gasteiger partial charge in [-0.1, -0.05) is 24.3 Å². The zero-order valence-corrected chi connectivity index (χ0v) is 10.6. The van der Waals surface area contributed by atoms with Gasteiger partial charge in [-0.05, 0) is 47.7 Å². The fraction of sp³-hybridized carbons (Fsp3) is 0.250. The van der Waals surface area contributed by atoms with Crippen molar-refractivity contribution >= 4 is 5.69 Å². The summed E-state index contributed by atoms with van der Waals surface area (Å²) in [6.07, 6.45) is 1.70. The van der Waals surface area contributed by atoms with Gasteiger partial charge in [0.15, 0.2) is 0 Å². The number of rotatable bonds is 2. The third-order valence-electron chi connectivity index (χ3n) is 3.88. The summed E-state index contributed by atoms with van der Waals surface area (Å²) in [4.78, 5) is 0. The van der Waals surface area contributed by atoms with Crippen LogP contribution in [0, 0.1) is 5.82 Å². The Morgan fingerprint density at radius 1 is 1.21 bits per heavy atom. The maximum absolute atomic E-state index is 13.7. The monoisotopic (exact) mass is 257 g/mol. The Labute approximate surface area is 111 Å². The van der Waals surface area contributed by atoms with Crippen molar-refractivity contribution in [1.29, 1.82) is 0 Å². The summed E-state index contributed by atoms with van der Waals surface area (Å²) >= 11 is 0. The van der Waals surface area contributed by atoms with E-state index in [0.29, 0.717) is 24.1 Å². The molecule has 2 aromatic carbocycles. The summed E-state index contributed by atoms with van der Waals surface area (Å²) in [5.74, 6) is -0.264. The number of halogens is 1. The summed E-state index contributed by atoms with van der Waals surface area (Å²) in [6, 6.07) is 12.1. The van der Waals surface area contributed by atoms with Crippen LogP contribution in [0.3, 0.4) is 0 Å². The van der Waals surface area contributed by atoms with E-state index in [2.05, 4.69) is 0 Å². The molecule has 0 heterocycles. The van der Waals surface area contributed by atoms with Crippen LogP contribution in [-0.4, -0.2) is 5.11 Å². The molecule has 98 valence electrons. The van der Waals surface area contributed by atoms with Crippen molar-refractivity contribution in [2.45, 2.75) is 24.9 Å². The Kier molecular flexibility index (Phi) is 2.79. The Bertz CT molecular complexity index is 626. The van der Waals surface area contributed by atoms with Crippen molar-refractivity contribution in [3.05, 3.63) is 65.0 Å². The Hall–Kier alpha value is -1.87. The van der Waals surface area contributed by atoms with Crippen LogP contribution >= 0.6 is 0 Å². The number of hydrogen-bond acceptors (Lipinski definition) is 2. The molecule has 1 atom stereocenters. The van der Waals surface area contributed by atoms with Crippen LogP contribution in [0.4, 0.5) is 10.1 Å². The van der Waals surface area contributed by atoms with E-state index in [1.54, 1.807) is 24.3 Å². The van der Waals surface area contributed by atoms with E-state index in [1.165, 1.54) is 6.07 Å². The standard InChI is InChI=1S/C16H16FNO/c17-15-4-2-1-3-12(15)10-16(19)8-7-11-9-13(18)5-6-14(11)16/h1-6,9,19H,7-8,10,18H2. The largest absolute Gasteiger partial charge is 0.399 e. The molecule has 2 aromatic rings. The lowest BCUT2D eigenvalue weighted by Crippen LogP contribution is -2.25. The second kappa shape index (κ2) is 4.35. The molecule has 0 spiro atoms. The number of nitrogens with two attached hydrogens (primary N) is 1. The van der Waals surface area contributed by atoms with Crippen molar-refractivity contribution in [2.75, 3.05) is 5.73 Å². The van der Waals surface area contributed by atoms with Gasteiger partial charge in [0.25, 0.3) is 0 Å². The molecule has 0 fully saturated rings. The van der Waals surface area contributed by atoms with Crippen molar-refractivity contribution < 1.29 is 9.50 Å². The molecule has 0 radical (unpaired) electrons. The van der Waals surface area contributed by atoms with E-state index in [9.17, 15) is 9.50 Å². The summed E-state index contributed by atoms with van der Waals surface area (Å²) in [6.45, 7) is 0. The molecule has 0 aromatic heterocycles. The molecular formula is C16H16FNO. The van der Waals surface area contributed by atoms with Crippen LogP contribution < -0.4 is 5.73 Å². The molecule has 3 rings (SSSR count). The zero-order chi connectivity index (χ0) is 13.5. The van der Waals surface area contributed by atoms with Gasteiger partial charge in [0.1, 0.15) is 5.82 Å². The number of benzene rings is 2. The highest BCUT2D eigenvalue weighted by Crippen LogP contribution is 2.40. The van der Waals surface area contributed by atoms with Crippen LogP contribution in [-0.2, 0) is 18.4 Å². The van der Waals surface area contributed by atoms with Crippen molar-refractivity contribution in [1.82, 2.24) is 0 Å². The topological polar surface area (TPSA) is 46.2 Å². The molecule has 0 saturated heterocycles. The van der Waals surface area contributed by atoms with Crippen LogP contribution in [0.1, 0.15) is 23.1 Å². The lowest BCUT2D eigenvalue weighted by molar-refractivity contribution is 0.0381. The van der Waals surface area contributed by atoms with E-state index in [4.69, 9.17) is 5.73 Å². The second-order valence-electron chi connectivity index (χ2n) is 5.22. The van der Waals surface area contributed by atoms with E-state index in [1.807, 2.05) is 12.1 Å². The number of anilines is 1. The molecule has 0 saturated carbocycles. The number of nitrogen functional groups attached to an aromatic ring is 1. The Morgan fingerprint density at radius 2 is 2.00 bits per heavy atom. The van der Waals surface area contributed by atoms with Gasteiger partial charge in [0, 0.05) is 12.1 Å². The molecule has 1 aliphatic rings. The lowest BCUT2D eigenvalue weighted by atomic mass is 9.88. The van der Waals surface area contributed by atoms with Gasteiger partial charge in [-0.2, -0.15) is 0 Å². The van der Waals surface area contributed by atoms with Gasteiger partial charge in [0.05, 0.1) is 5.60 Å². The van der Waals surface area contributed by atoms with Crippen LogP contribution in [0.25, 0.3) is 0 Å². The second-order valence-corrected chi connectivity index (χ2v) is 5.22. The Morgan fingerprint density at radius 3 is 2.79 bits per heavy atom. The first kappa shape index (κ1) is 12.2. The van der Waals surface area contributed by atoms with Crippen molar-refractivity contribution in [2.24, 2.45) is 0 Å². The molecular weight excluding hydrogens is 241 g/mol. The number of fused-ring (bicyclic) bond motifs is 1. The van der Waals surface area contributed by atoms with Gasteiger partial charge >= 0.3 is 0 Å². The number of aliphatic hydroxyl groups is 1. The lowest BCUT2D eigenvalue weighted by Gasteiger charge is -2.24. The maximum Gasteiger partial charge on any atom is 0.126 e. The highest BCUT2D eigenvalue weighted by atomic mass is 19.1. The van der Waals surface area contributed by atoms with E-state index in [0.717, 1.165) is 17.5 Å². The predicted octanol–water partition coefficient (Wildman–Crippen LogP) is 2.78. The normalized spacial score (nSPS) is 21.4. The molecule has 0 amide bonds. The van der Waals surface area contributed by atoms with Crippen LogP contribution in [0.5, 0.6) is 0 Å². The summed E-state index contributed by atoms with van der Waals surface area (Å²) in [5.41, 5.74) is 7.97. The van der Waals surface area contributed by atoms with Gasteiger partial charge < -0.3 is 10.8 Å². The summed E-state index contributed by atoms with van der Waals surface area (Å²) < 4.78 is 13.7. The van der Waals surface area contributed by atoms with E-state index >= 15 is 0 Å². The summed E-state index contributed by atoms with van der Waals surface area (Å²) in [5, 5.41) is 10.8. The van der Waals surface area contributed by atoms with Gasteiger partial charge in [0.2, 0.25) is 0 Å². The summed E-state index contributed by atoms with van der Waals surface area (Å²) in [7, 11) is 0. The van der Waals surface area contributed by atoms with Gasteiger partial charge in [-0.15, -0.1) is 0 Å². The average Bonchev–Trinajstić information content (AvgIpc) is 2.70. The average molecular weight is 257 g/mol. The molecule has 3 heteroatoms. The number of aryl methyl sites for hydroxylation is 1. The molecule has 1 unspecified atom stereocenters. The van der Waals surface area contributed by atoms with Gasteiger partial charge in [-0.25, -0.2) is 4.39 Å². The predicted molar refractivity (Wildman–Crippen MR) is 73.2 cm³/mol. The van der Waals surface area contributed by atoms with Crippen molar-refractivity contribution in [3.63, 3.8) is 0 Å². The highest BCUT2D eigenvalue weighted by Gasteiger charge is 2.37. The fourth-order valence-electron chi connectivity index (χ4n) is 2.89. The fourth-order valence-corrected chi connectivity index (χ4v) is 2.89. The minimum Gasteiger partial charge on any atom is -0.399 e. The first-order valence-corrected chi connectivity index (χ1v) is 6.43. The third-order valence-corrected chi connectivity index (χ3v) is 3.88. The quantitative estimate of drug-likeness (QED) is 0.813. The van der Waals surface area contributed by atoms with E-state index in [-0.39, 0.29) is 5.82 Å². The minimum absolute atomic E-state index is 0.264. The Balaban J connectivity index is 1.97. The smallest absolute Gasteiger partial charge is 0.126 e. The zero-order valence-electron chi connectivity index (χ0n) is 10.6. The SMILES string of the molecule is Nc1ccc2c(c1)CCC2(O)Cc1ccccc1F. The van der Waals surface area contributed by atoms with E-state index < -0.39 is 5.60 Å². The molecule has 1 aliphatic carbocycles. The van der Waals surface area contributed by atoms with Crippen LogP contribution in [0.2, 0.25) is 0 Å². The first-order chi connectivity index (χ1) is 9.08. The molecule has 2 nitrogen and oxygen atoms in total. The van der Waals surface area contributed by atoms with Gasteiger partial charge in [-0.3, -0.25) is 0 Å². The minimum atomic E-state index is -0.981.